The first-order valence-corrected chi connectivity index (χ1v) is 14.7. The molecule has 0 unspecified atom stereocenters. The Labute approximate surface area is 242 Å². The summed E-state index contributed by atoms with van der Waals surface area (Å²) in [4.78, 5) is 53.5. The average molecular weight is 573 g/mol. The van der Waals surface area contributed by atoms with Crippen molar-refractivity contribution in [1.82, 2.24) is 9.80 Å². The van der Waals surface area contributed by atoms with Crippen molar-refractivity contribution in [2.75, 3.05) is 13.1 Å². The van der Waals surface area contributed by atoms with Crippen LogP contribution in [0.5, 0.6) is 0 Å². The highest BCUT2D eigenvalue weighted by atomic mass is 16.6. The van der Waals surface area contributed by atoms with Gasteiger partial charge in [0.25, 0.3) is 0 Å². The van der Waals surface area contributed by atoms with E-state index in [0.29, 0.717) is 51.4 Å². The molecule has 234 valence electrons. The van der Waals surface area contributed by atoms with Crippen LogP contribution >= 0.6 is 0 Å². The van der Waals surface area contributed by atoms with Crippen LogP contribution < -0.4 is 0 Å². The van der Waals surface area contributed by atoms with E-state index in [9.17, 15) is 19.2 Å². The van der Waals surface area contributed by atoms with Crippen LogP contribution in [0.4, 0.5) is 19.2 Å². The standard InChI is InChI=1S/C30H56N2O8/c1-13-27(5,6)37-23(33)31(24(34)38-28(7,8)14-2)21-19-17-18-20-22-32(25(35)39-29(9,10)15-3)26(36)40-30(11,12)16-4/h13-22H2,1-12H3. The summed E-state index contributed by atoms with van der Waals surface area (Å²) in [6.07, 6.45) is 1.71. The van der Waals surface area contributed by atoms with Crippen molar-refractivity contribution in [2.24, 2.45) is 0 Å². The molecule has 0 aromatic rings. The molecule has 0 rings (SSSR count). The maximum Gasteiger partial charge on any atom is 0.419 e. The van der Waals surface area contributed by atoms with Gasteiger partial charge < -0.3 is 18.9 Å². The number of amides is 4. The van der Waals surface area contributed by atoms with Gasteiger partial charge in [-0.25, -0.2) is 29.0 Å². The van der Waals surface area contributed by atoms with E-state index < -0.39 is 46.8 Å². The molecule has 0 spiro atoms. The second kappa shape index (κ2) is 16.1. The van der Waals surface area contributed by atoms with Crippen molar-refractivity contribution >= 4 is 24.4 Å². The lowest BCUT2D eigenvalue weighted by Gasteiger charge is -2.31. The molecule has 0 aromatic heterocycles. The van der Waals surface area contributed by atoms with Gasteiger partial charge in [0.05, 0.1) is 0 Å². The van der Waals surface area contributed by atoms with Crippen LogP contribution in [-0.4, -0.2) is 69.7 Å². The Morgan fingerprint density at radius 1 is 0.425 bits per heavy atom. The molecule has 4 amide bonds. The van der Waals surface area contributed by atoms with E-state index in [4.69, 9.17) is 18.9 Å². The van der Waals surface area contributed by atoms with Crippen molar-refractivity contribution in [2.45, 2.75) is 157 Å². The van der Waals surface area contributed by atoms with Gasteiger partial charge in [0, 0.05) is 13.1 Å². The number of carbonyl (C=O) groups is 4. The second-order valence-corrected chi connectivity index (χ2v) is 12.6. The smallest absolute Gasteiger partial charge is 0.419 e. The number of imide groups is 2. The quantitative estimate of drug-likeness (QED) is 0.142. The Hall–Kier alpha value is -2.52. The van der Waals surface area contributed by atoms with Crippen molar-refractivity contribution in [3.8, 4) is 0 Å². The molecule has 0 saturated carbocycles. The maximum atomic E-state index is 12.9. The summed E-state index contributed by atoms with van der Waals surface area (Å²) in [5, 5.41) is 0. The largest absolute Gasteiger partial charge is 0.443 e. The van der Waals surface area contributed by atoms with Gasteiger partial charge in [0.2, 0.25) is 0 Å². The third kappa shape index (κ3) is 14.2. The first-order chi connectivity index (χ1) is 18.2. The molecule has 0 heterocycles. The summed E-state index contributed by atoms with van der Waals surface area (Å²) < 4.78 is 22.2. The lowest BCUT2D eigenvalue weighted by Crippen LogP contribution is -2.45. The fraction of sp³-hybridized carbons (Fsp3) is 0.867. The summed E-state index contributed by atoms with van der Waals surface area (Å²) in [5.41, 5.74) is -2.88. The fourth-order valence-corrected chi connectivity index (χ4v) is 2.86. The van der Waals surface area contributed by atoms with Crippen LogP contribution in [0.3, 0.4) is 0 Å². The lowest BCUT2D eigenvalue weighted by atomic mass is 10.1. The Balaban J connectivity index is 5.27. The van der Waals surface area contributed by atoms with Crippen molar-refractivity contribution < 1.29 is 38.1 Å². The summed E-state index contributed by atoms with van der Waals surface area (Å²) >= 11 is 0. The van der Waals surface area contributed by atoms with Gasteiger partial charge in [0.1, 0.15) is 22.4 Å². The lowest BCUT2D eigenvalue weighted by molar-refractivity contribution is -0.0139. The molecule has 0 aliphatic rings. The normalized spacial score (nSPS) is 12.4. The first kappa shape index (κ1) is 37.5. The van der Waals surface area contributed by atoms with Crippen LogP contribution in [0.25, 0.3) is 0 Å². The summed E-state index contributed by atoms with van der Waals surface area (Å²) in [6, 6.07) is 0. The number of ether oxygens (including phenoxy) is 4. The Kier molecular flexibility index (Phi) is 15.0. The minimum Gasteiger partial charge on any atom is -0.443 e. The Morgan fingerprint density at radius 2 is 0.625 bits per heavy atom. The molecule has 0 aliphatic carbocycles. The zero-order valence-electron chi connectivity index (χ0n) is 27.2. The molecule has 10 heteroatoms. The number of rotatable bonds is 15. The highest BCUT2D eigenvalue weighted by Gasteiger charge is 2.34. The molecule has 0 bridgehead atoms. The predicted octanol–water partition coefficient (Wildman–Crippen LogP) is 8.45. The SMILES string of the molecule is CCC(C)(C)OC(=O)N(CCCCCCN(C(=O)OC(C)(C)CC)C(=O)OC(C)(C)CC)C(=O)OC(C)(C)CC. The van der Waals surface area contributed by atoms with Gasteiger partial charge in [0.15, 0.2) is 0 Å². The van der Waals surface area contributed by atoms with Crippen LogP contribution in [0, 0.1) is 0 Å². The number of unbranched alkanes of at least 4 members (excludes halogenated alkanes) is 3. The Bertz CT molecular complexity index is 708. The van der Waals surface area contributed by atoms with E-state index in [2.05, 4.69) is 0 Å². The van der Waals surface area contributed by atoms with Gasteiger partial charge >= 0.3 is 24.4 Å². The van der Waals surface area contributed by atoms with E-state index in [1.165, 1.54) is 0 Å². The van der Waals surface area contributed by atoms with Gasteiger partial charge in [-0.3, -0.25) is 0 Å². The van der Waals surface area contributed by atoms with Crippen LogP contribution in [-0.2, 0) is 18.9 Å². The molecule has 40 heavy (non-hydrogen) atoms. The summed E-state index contributed by atoms with van der Waals surface area (Å²) in [5.74, 6) is 0. The number of hydrogen-bond donors (Lipinski definition) is 0. The highest BCUT2D eigenvalue weighted by molar-refractivity contribution is 5.88. The third-order valence-electron chi connectivity index (χ3n) is 7.26. The Morgan fingerprint density at radius 3 is 0.800 bits per heavy atom. The molecule has 0 N–H and O–H groups in total. The molecule has 0 aliphatic heterocycles. The highest BCUT2D eigenvalue weighted by Crippen LogP contribution is 2.22. The van der Waals surface area contributed by atoms with Crippen molar-refractivity contribution in [3.05, 3.63) is 0 Å². The molecule has 0 radical (unpaired) electrons. The first-order valence-electron chi connectivity index (χ1n) is 14.7. The monoisotopic (exact) mass is 572 g/mol. The van der Waals surface area contributed by atoms with E-state index in [-0.39, 0.29) is 13.1 Å². The third-order valence-corrected chi connectivity index (χ3v) is 7.26. The zero-order valence-corrected chi connectivity index (χ0v) is 27.2. The average Bonchev–Trinajstić information content (AvgIpc) is 2.84. The van der Waals surface area contributed by atoms with Gasteiger partial charge in [-0.05, 0) is 93.9 Å². The van der Waals surface area contributed by atoms with Gasteiger partial charge in [-0.1, -0.05) is 40.5 Å². The van der Waals surface area contributed by atoms with Crippen LogP contribution in [0.2, 0.25) is 0 Å². The molecular formula is C30H56N2O8. The van der Waals surface area contributed by atoms with Crippen molar-refractivity contribution in [1.29, 1.82) is 0 Å². The topological polar surface area (TPSA) is 112 Å². The van der Waals surface area contributed by atoms with Gasteiger partial charge in [-0.15, -0.1) is 0 Å². The van der Waals surface area contributed by atoms with Gasteiger partial charge in [-0.2, -0.15) is 0 Å². The predicted molar refractivity (Wildman–Crippen MR) is 155 cm³/mol. The molecule has 0 aromatic carbocycles. The molecule has 0 fully saturated rings. The van der Waals surface area contributed by atoms with E-state index in [1.807, 2.05) is 27.7 Å². The summed E-state index contributed by atoms with van der Waals surface area (Å²) in [7, 11) is 0. The number of nitrogens with zero attached hydrogens (tertiary/aromatic N) is 2. The fourth-order valence-electron chi connectivity index (χ4n) is 2.86. The van der Waals surface area contributed by atoms with E-state index >= 15 is 0 Å². The second-order valence-electron chi connectivity index (χ2n) is 12.6. The minimum atomic E-state index is -0.738. The maximum absolute atomic E-state index is 12.9. The van der Waals surface area contributed by atoms with Crippen LogP contribution in [0.15, 0.2) is 0 Å². The number of carbonyl (C=O) groups excluding carboxylic acids is 4. The molecular weight excluding hydrogens is 516 g/mol. The molecule has 0 saturated heterocycles. The van der Waals surface area contributed by atoms with E-state index in [1.54, 1.807) is 55.4 Å². The summed E-state index contributed by atoms with van der Waals surface area (Å²) in [6.45, 7) is 22.1. The number of hydrogen-bond acceptors (Lipinski definition) is 8. The minimum absolute atomic E-state index is 0.125. The van der Waals surface area contributed by atoms with E-state index in [0.717, 1.165) is 9.80 Å². The molecule has 10 nitrogen and oxygen atoms in total. The van der Waals surface area contributed by atoms with Crippen LogP contribution in [0.1, 0.15) is 134 Å². The molecule has 0 atom stereocenters. The zero-order chi connectivity index (χ0) is 31.4. The van der Waals surface area contributed by atoms with Crippen molar-refractivity contribution in [3.63, 3.8) is 0 Å².